The van der Waals surface area contributed by atoms with E-state index in [1.54, 1.807) is 23.1 Å². The number of carboxylic acid groups (broad SMARTS) is 1. The van der Waals surface area contributed by atoms with E-state index in [1.165, 1.54) is 11.8 Å². The van der Waals surface area contributed by atoms with E-state index in [2.05, 4.69) is 5.32 Å². The first-order valence-electron chi connectivity index (χ1n) is 7.74. The Balaban J connectivity index is 0.00000312. The molecule has 1 aromatic rings. The summed E-state index contributed by atoms with van der Waals surface area (Å²) >= 11 is 1.25. The number of nitrogens with zero attached hydrogens (tertiary/aromatic N) is 1. The van der Waals surface area contributed by atoms with Gasteiger partial charge in [-0.15, -0.1) is 24.2 Å². The Labute approximate surface area is 156 Å². The van der Waals surface area contributed by atoms with E-state index in [4.69, 9.17) is 5.73 Å². The highest BCUT2D eigenvalue weighted by atomic mass is 35.5. The summed E-state index contributed by atoms with van der Waals surface area (Å²) in [5, 5.41) is 12.1. The fourth-order valence-corrected chi connectivity index (χ4v) is 3.43. The molecule has 25 heavy (non-hydrogen) atoms. The molecule has 2 rings (SSSR count). The number of amides is 2. The Morgan fingerprint density at radius 2 is 2.00 bits per heavy atom. The van der Waals surface area contributed by atoms with E-state index in [1.807, 2.05) is 6.07 Å². The molecule has 0 aliphatic carbocycles. The van der Waals surface area contributed by atoms with Crippen molar-refractivity contribution in [2.45, 2.75) is 30.2 Å². The molecule has 7 nitrogen and oxygen atoms in total. The number of piperidine rings is 1. The van der Waals surface area contributed by atoms with E-state index in [-0.39, 0.29) is 30.6 Å². The van der Waals surface area contributed by atoms with E-state index < -0.39 is 17.9 Å². The molecule has 1 aliphatic heterocycles. The van der Waals surface area contributed by atoms with Gasteiger partial charge in [-0.25, -0.2) is 0 Å². The third-order valence-electron chi connectivity index (χ3n) is 3.78. The zero-order valence-electron chi connectivity index (χ0n) is 13.6. The number of carbonyl (C=O) groups is 3. The molecule has 138 valence electrons. The number of rotatable bonds is 7. The highest BCUT2D eigenvalue weighted by molar-refractivity contribution is 8.00. The molecule has 0 bridgehead atoms. The predicted molar refractivity (Wildman–Crippen MR) is 99.1 cm³/mol. The SMILES string of the molecule is Cl.NC(=O)CSc1ccccc1NC(=O)CN1CCCCC1C(=O)O. The van der Waals surface area contributed by atoms with Crippen molar-refractivity contribution in [1.29, 1.82) is 0 Å². The summed E-state index contributed by atoms with van der Waals surface area (Å²) in [7, 11) is 0. The van der Waals surface area contributed by atoms with Gasteiger partial charge in [-0.2, -0.15) is 0 Å². The van der Waals surface area contributed by atoms with Crippen LogP contribution in [0, 0.1) is 0 Å². The second kappa shape index (κ2) is 10.3. The molecule has 0 radical (unpaired) electrons. The zero-order valence-corrected chi connectivity index (χ0v) is 15.3. The van der Waals surface area contributed by atoms with Crippen molar-refractivity contribution in [3.05, 3.63) is 24.3 Å². The number of halogens is 1. The summed E-state index contributed by atoms with van der Waals surface area (Å²) in [6, 6.07) is 6.52. The fraction of sp³-hybridized carbons (Fsp3) is 0.438. The molecule has 1 atom stereocenters. The van der Waals surface area contributed by atoms with Crippen molar-refractivity contribution in [3.63, 3.8) is 0 Å². The molecule has 1 fully saturated rings. The Morgan fingerprint density at radius 3 is 2.68 bits per heavy atom. The predicted octanol–water partition coefficient (Wildman–Crippen LogP) is 1.56. The standard InChI is InChI=1S/C16H21N3O4S.ClH/c17-14(20)10-24-13-7-2-1-5-11(13)18-15(21)9-19-8-4-3-6-12(19)16(22)23;/h1-2,5,7,12H,3-4,6,8-10H2,(H2,17,20)(H,18,21)(H,22,23);1H. The molecule has 9 heteroatoms. The molecule has 1 saturated heterocycles. The number of carboxylic acids is 1. The van der Waals surface area contributed by atoms with Crippen LogP contribution < -0.4 is 11.1 Å². The Kier molecular flexibility index (Phi) is 8.74. The quantitative estimate of drug-likeness (QED) is 0.612. The molecular formula is C16H22ClN3O4S. The number of thioether (sulfide) groups is 1. The lowest BCUT2D eigenvalue weighted by Gasteiger charge is -2.32. The fourth-order valence-electron chi connectivity index (χ4n) is 2.68. The first kappa shape index (κ1) is 21.3. The normalized spacial score (nSPS) is 17.4. The maximum atomic E-state index is 12.3. The lowest BCUT2D eigenvalue weighted by Crippen LogP contribution is -2.47. The molecule has 1 aromatic carbocycles. The average molecular weight is 388 g/mol. The largest absolute Gasteiger partial charge is 0.480 e. The minimum Gasteiger partial charge on any atom is -0.480 e. The Morgan fingerprint density at radius 1 is 1.28 bits per heavy atom. The monoisotopic (exact) mass is 387 g/mol. The van der Waals surface area contributed by atoms with E-state index >= 15 is 0 Å². The maximum Gasteiger partial charge on any atom is 0.320 e. The van der Waals surface area contributed by atoms with Crippen molar-refractivity contribution >= 4 is 47.6 Å². The molecule has 1 heterocycles. The summed E-state index contributed by atoms with van der Waals surface area (Å²) in [5.74, 6) is -1.46. The molecule has 0 aromatic heterocycles. The number of anilines is 1. The van der Waals surface area contributed by atoms with Gasteiger partial charge in [0, 0.05) is 4.90 Å². The highest BCUT2D eigenvalue weighted by Crippen LogP contribution is 2.27. The van der Waals surface area contributed by atoms with Crippen LogP contribution in [0.5, 0.6) is 0 Å². The van der Waals surface area contributed by atoms with Crippen molar-refractivity contribution < 1.29 is 19.5 Å². The smallest absolute Gasteiger partial charge is 0.320 e. The number of hydrogen-bond donors (Lipinski definition) is 3. The lowest BCUT2D eigenvalue weighted by atomic mass is 10.0. The molecule has 2 amide bonds. The van der Waals surface area contributed by atoms with E-state index in [0.717, 1.165) is 17.7 Å². The molecule has 4 N–H and O–H groups in total. The van der Waals surface area contributed by atoms with E-state index in [9.17, 15) is 19.5 Å². The van der Waals surface area contributed by atoms with Gasteiger partial charge in [0.15, 0.2) is 0 Å². The van der Waals surface area contributed by atoms with Crippen LogP contribution in [0.1, 0.15) is 19.3 Å². The minimum absolute atomic E-state index is 0. The van der Waals surface area contributed by atoms with Crippen LogP contribution in [-0.4, -0.2) is 52.7 Å². The number of nitrogens with two attached hydrogens (primary N) is 1. The molecule has 0 saturated carbocycles. The van der Waals surface area contributed by atoms with Gasteiger partial charge < -0.3 is 16.2 Å². The van der Waals surface area contributed by atoms with Gasteiger partial charge in [0.25, 0.3) is 0 Å². The van der Waals surface area contributed by atoms with Crippen molar-refractivity contribution in [2.75, 3.05) is 24.2 Å². The topological polar surface area (TPSA) is 113 Å². The number of nitrogens with one attached hydrogen (secondary N) is 1. The van der Waals surface area contributed by atoms with Crippen molar-refractivity contribution in [1.82, 2.24) is 4.90 Å². The van der Waals surface area contributed by atoms with Crippen LogP contribution in [0.2, 0.25) is 0 Å². The van der Waals surface area contributed by atoms with Crippen LogP contribution >= 0.6 is 24.2 Å². The van der Waals surface area contributed by atoms with Crippen LogP contribution in [0.25, 0.3) is 0 Å². The third kappa shape index (κ3) is 6.56. The van der Waals surface area contributed by atoms with Crippen LogP contribution in [-0.2, 0) is 14.4 Å². The van der Waals surface area contributed by atoms with Gasteiger partial charge >= 0.3 is 5.97 Å². The summed E-state index contributed by atoms with van der Waals surface area (Å²) in [6.07, 6.45) is 2.32. The molecule has 1 aliphatic rings. The Hall–Kier alpha value is -1.77. The minimum atomic E-state index is -0.889. The number of carbonyl (C=O) groups excluding carboxylic acids is 2. The van der Waals surface area contributed by atoms with Gasteiger partial charge in [-0.1, -0.05) is 18.6 Å². The molecule has 0 spiro atoms. The number of hydrogen-bond acceptors (Lipinski definition) is 5. The number of primary amides is 1. The second-order valence-electron chi connectivity index (χ2n) is 5.62. The van der Waals surface area contributed by atoms with Crippen LogP contribution in [0.4, 0.5) is 5.69 Å². The van der Waals surface area contributed by atoms with E-state index in [0.29, 0.717) is 18.7 Å². The average Bonchev–Trinajstić information content (AvgIpc) is 2.54. The number of likely N-dealkylation sites (tertiary alicyclic amines) is 1. The molecular weight excluding hydrogens is 366 g/mol. The summed E-state index contributed by atoms with van der Waals surface area (Å²) in [4.78, 5) is 36.9. The maximum absolute atomic E-state index is 12.3. The van der Waals surface area contributed by atoms with Crippen molar-refractivity contribution in [2.24, 2.45) is 5.73 Å². The molecule has 1 unspecified atom stereocenters. The number of benzene rings is 1. The number of aliphatic carboxylic acids is 1. The third-order valence-corrected chi connectivity index (χ3v) is 4.87. The summed E-state index contributed by atoms with van der Waals surface area (Å²) < 4.78 is 0. The van der Waals surface area contributed by atoms with Gasteiger partial charge in [0.1, 0.15) is 6.04 Å². The number of para-hydroxylation sites is 1. The van der Waals surface area contributed by atoms with Gasteiger partial charge in [0.2, 0.25) is 11.8 Å². The highest BCUT2D eigenvalue weighted by Gasteiger charge is 2.29. The lowest BCUT2D eigenvalue weighted by molar-refractivity contribution is -0.145. The van der Waals surface area contributed by atoms with Gasteiger partial charge in [-0.05, 0) is 31.5 Å². The summed E-state index contributed by atoms with van der Waals surface area (Å²) in [5.41, 5.74) is 5.74. The summed E-state index contributed by atoms with van der Waals surface area (Å²) in [6.45, 7) is 0.633. The second-order valence-corrected chi connectivity index (χ2v) is 6.64. The first-order chi connectivity index (χ1) is 11.5. The van der Waals surface area contributed by atoms with Gasteiger partial charge in [-0.3, -0.25) is 19.3 Å². The Bertz CT molecular complexity index is 629. The van der Waals surface area contributed by atoms with Crippen LogP contribution in [0.3, 0.4) is 0 Å². The zero-order chi connectivity index (χ0) is 17.5. The van der Waals surface area contributed by atoms with Crippen molar-refractivity contribution in [3.8, 4) is 0 Å². The van der Waals surface area contributed by atoms with Gasteiger partial charge in [0.05, 0.1) is 18.0 Å². The van der Waals surface area contributed by atoms with Crippen LogP contribution in [0.15, 0.2) is 29.2 Å². The first-order valence-corrected chi connectivity index (χ1v) is 8.73.